The minimum absolute atomic E-state index is 0.0136. The summed E-state index contributed by atoms with van der Waals surface area (Å²) in [5.74, 6) is -0.631. The van der Waals surface area contributed by atoms with E-state index in [1.54, 1.807) is 0 Å². The van der Waals surface area contributed by atoms with Crippen LogP contribution in [0.4, 0.5) is 5.69 Å². The molecule has 21 heavy (non-hydrogen) atoms. The van der Waals surface area contributed by atoms with Gasteiger partial charge in [0.15, 0.2) is 9.84 Å². The van der Waals surface area contributed by atoms with E-state index in [0.29, 0.717) is 0 Å². The van der Waals surface area contributed by atoms with E-state index in [1.807, 2.05) is 0 Å². The molecule has 0 aromatic heterocycles. The fraction of sp³-hybridized carbons (Fsp3) is 0.364. The normalized spacial score (nSPS) is 13.5. The lowest BCUT2D eigenvalue weighted by Gasteiger charge is -2.14. The maximum atomic E-state index is 11.9. The highest BCUT2D eigenvalue weighted by molar-refractivity contribution is 8.13. The van der Waals surface area contributed by atoms with Gasteiger partial charge in [0.2, 0.25) is 5.91 Å². The summed E-state index contributed by atoms with van der Waals surface area (Å²) in [6, 6.07) is 3.60. The highest BCUT2D eigenvalue weighted by Crippen LogP contribution is 2.29. The zero-order valence-electron chi connectivity index (χ0n) is 11.5. The van der Waals surface area contributed by atoms with Gasteiger partial charge >= 0.3 is 0 Å². The Hall–Kier alpha value is -1.32. The molecule has 1 aromatic rings. The van der Waals surface area contributed by atoms with Crippen molar-refractivity contribution in [3.8, 4) is 5.75 Å². The molecule has 1 atom stereocenters. The fourth-order valence-corrected chi connectivity index (χ4v) is 2.59. The minimum atomic E-state index is -3.99. The highest BCUT2D eigenvalue weighted by Gasteiger charge is 2.25. The minimum Gasteiger partial charge on any atom is -0.495 e. The van der Waals surface area contributed by atoms with Crippen LogP contribution < -0.4 is 10.1 Å². The van der Waals surface area contributed by atoms with E-state index in [2.05, 4.69) is 5.32 Å². The van der Waals surface area contributed by atoms with Gasteiger partial charge in [0, 0.05) is 16.9 Å². The SMILES string of the molecule is COc1ccc(S(=O)(=O)Cl)cc1NC(=O)C(C)S(C)(=O)=O. The summed E-state index contributed by atoms with van der Waals surface area (Å²) in [4.78, 5) is 11.6. The predicted molar refractivity (Wildman–Crippen MR) is 79.0 cm³/mol. The van der Waals surface area contributed by atoms with Gasteiger partial charge in [-0.3, -0.25) is 4.79 Å². The fourth-order valence-electron chi connectivity index (χ4n) is 1.37. The van der Waals surface area contributed by atoms with Crippen LogP contribution in [0.1, 0.15) is 6.92 Å². The van der Waals surface area contributed by atoms with Crippen LogP contribution in [-0.4, -0.2) is 41.4 Å². The molecule has 0 saturated heterocycles. The quantitative estimate of drug-likeness (QED) is 0.789. The van der Waals surface area contributed by atoms with Crippen LogP contribution in [0, 0.1) is 0 Å². The smallest absolute Gasteiger partial charge is 0.261 e. The van der Waals surface area contributed by atoms with Crippen LogP contribution >= 0.6 is 10.7 Å². The molecular weight excluding hydrogens is 342 g/mol. The summed E-state index contributed by atoms with van der Waals surface area (Å²) in [5, 5.41) is 1.02. The van der Waals surface area contributed by atoms with Gasteiger partial charge < -0.3 is 10.1 Å². The first-order valence-electron chi connectivity index (χ1n) is 5.59. The number of halogens is 1. The van der Waals surface area contributed by atoms with E-state index >= 15 is 0 Å². The number of ether oxygens (including phenoxy) is 1. The van der Waals surface area contributed by atoms with Crippen molar-refractivity contribution < 1.29 is 26.4 Å². The molecule has 1 unspecified atom stereocenters. The Morgan fingerprint density at radius 3 is 2.29 bits per heavy atom. The second-order valence-corrected chi connectivity index (χ2v) is 9.19. The molecule has 118 valence electrons. The van der Waals surface area contributed by atoms with Gasteiger partial charge in [0.05, 0.1) is 17.7 Å². The van der Waals surface area contributed by atoms with Crippen molar-refractivity contribution in [2.75, 3.05) is 18.7 Å². The summed E-state index contributed by atoms with van der Waals surface area (Å²) in [6.45, 7) is 1.22. The molecule has 0 fully saturated rings. The van der Waals surface area contributed by atoms with E-state index in [-0.39, 0.29) is 16.3 Å². The van der Waals surface area contributed by atoms with E-state index in [0.717, 1.165) is 12.3 Å². The van der Waals surface area contributed by atoms with Crippen LogP contribution in [0.25, 0.3) is 0 Å². The molecular formula is C11H14ClNO6S2. The number of rotatable bonds is 5. The maximum Gasteiger partial charge on any atom is 0.261 e. The van der Waals surface area contributed by atoms with Crippen molar-refractivity contribution in [2.45, 2.75) is 17.1 Å². The molecule has 0 aliphatic rings. The molecule has 0 aliphatic carbocycles. The summed E-state index contributed by atoms with van der Waals surface area (Å²) < 4.78 is 50.2. The molecule has 1 rings (SSSR count). The second-order valence-electron chi connectivity index (χ2n) is 4.26. The number of amides is 1. The van der Waals surface area contributed by atoms with Crippen molar-refractivity contribution in [3.05, 3.63) is 18.2 Å². The molecule has 1 aromatic carbocycles. The molecule has 0 radical (unpaired) electrons. The number of hydrogen-bond acceptors (Lipinski definition) is 6. The summed E-state index contributed by atoms with van der Waals surface area (Å²) in [6.07, 6.45) is 0.925. The average molecular weight is 356 g/mol. The molecule has 0 heterocycles. The van der Waals surface area contributed by atoms with Gasteiger partial charge in [-0.25, -0.2) is 16.8 Å². The number of hydrogen-bond donors (Lipinski definition) is 1. The lowest BCUT2D eigenvalue weighted by Crippen LogP contribution is -2.31. The first-order valence-corrected chi connectivity index (χ1v) is 9.85. The van der Waals surface area contributed by atoms with Gasteiger partial charge in [-0.15, -0.1) is 0 Å². The molecule has 0 saturated carbocycles. The van der Waals surface area contributed by atoms with Crippen LogP contribution in [0.15, 0.2) is 23.1 Å². The van der Waals surface area contributed by atoms with Crippen molar-refractivity contribution >= 4 is 41.2 Å². The highest BCUT2D eigenvalue weighted by atomic mass is 35.7. The van der Waals surface area contributed by atoms with Gasteiger partial charge in [0.1, 0.15) is 11.0 Å². The second kappa shape index (κ2) is 6.20. The number of carbonyl (C=O) groups is 1. The van der Waals surface area contributed by atoms with E-state index < -0.39 is 30.0 Å². The molecule has 10 heteroatoms. The van der Waals surface area contributed by atoms with Gasteiger partial charge in [0.25, 0.3) is 9.05 Å². The number of anilines is 1. The Morgan fingerprint density at radius 1 is 1.29 bits per heavy atom. The van der Waals surface area contributed by atoms with Crippen LogP contribution in [0.3, 0.4) is 0 Å². The Labute approximate surface area is 127 Å². The Balaban J connectivity index is 3.21. The third-order valence-electron chi connectivity index (χ3n) is 2.72. The number of methoxy groups -OCH3 is 1. The first kappa shape index (κ1) is 17.7. The Bertz CT molecular complexity index is 757. The molecule has 0 spiro atoms. The third kappa shape index (κ3) is 4.58. The number of sulfone groups is 1. The molecule has 1 N–H and O–H groups in total. The van der Waals surface area contributed by atoms with Crippen LogP contribution in [0.2, 0.25) is 0 Å². The zero-order chi connectivity index (χ0) is 16.4. The van der Waals surface area contributed by atoms with E-state index in [1.165, 1.54) is 26.2 Å². The number of carbonyl (C=O) groups excluding carboxylic acids is 1. The number of benzene rings is 1. The van der Waals surface area contributed by atoms with E-state index in [9.17, 15) is 21.6 Å². The van der Waals surface area contributed by atoms with Crippen molar-refractivity contribution in [1.29, 1.82) is 0 Å². The molecule has 0 aliphatic heterocycles. The summed E-state index contributed by atoms with van der Waals surface area (Å²) in [5.41, 5.74) is 0.0136. The molecule has 0 bridgehead atoms. The third-order valence-corrected chi connectivity index (χ3v) is 5.57. The lowest BCUT2D eigenvalue weighted by atomic mass is 10.3. The standard InChI is InChI=1S/C11H14ClNO6S2/c1-7(20(3,15)16)11(14)13-9-6-8(21(12,17)18)4-5-10(9)19-2/h4-7H,1-3H3,(H,13,14). The zero-order valence-corrected chi connectivity index (χ0v) is 13.8. The first-order chi connectivity index (χ1) is 9.46. The number of nitrogens with one attached hydrogen (secondary N) is 1. The molecule has 1 amide bonds. The van der Waals surface area contributed by atoms with Gasteiger partial charge in [-0.05, 0) is 25.1 Å². The lowest BCUT2D eigenvalue weighted by molar-refractivity contribution is -0.115. The summed E-state index contributed by atoms with van der Waals surface area (Å²) >= 11 is 0. The Morgan fingerprint density at radius 2 is 1.86 bits per heavy atom. The van der Waals surface area contributed by atoms with Gasteiger partial charge in [-0.1, -0.05) is 0 Å². The van der Waals surface area contributed by atoms with Crippen LogP contribution in [-0.2, 0) is 23.7 Å². The predicted octanol–water partition coefficient (Wildman–Crippen LogP) is 0.994. The van der Waals surface area contributed by atoms with Crippen molar-refractivity contribution in [3.63, 3.8) is 0 Å². The molecule has 7 nitrogen and oxygen atoms in total. The maximum absolute atomic E-state index is 11.9. The Kier molecular flexibility index (Phi) is 5.24. The topological polar surface area (TPSA) is 107 Å². The summed E-state index contributed by atoms with van der Waals surface area (Å²) in [7, 11) is -1.03. The average Bonchev–Trinajstić information content (AvgIpc) is 2.35. The monoisotopic (exact) mass is 355 g/mol. The largest absolute Gasteiger partial charge is 0.495 e. The van der Waals surface area contributed by atoms with Crippen molar-refractivity contribution in [2.24, 2.45) is 0 Å². The van der Waals surface area contributed by atoms with E-state index in [4.69, 9.17) is 15.4 Å². The van der Waals surface area contributed by atoms with Gasteiger partial charge in [-0.2, -0.15) is 0 Å². The van der Waals surface area contributed by atoms with Crippen molar-refractivity contribution in [1.82, 2.24) is 0 Å². The van der Waals surface area contributed by atoms with Crippen LogP contribution in [0.5, 0.6) is 5.75 Å².